The Hall–Kier alpha value is -0.850. The molecule has 0 atom stereocenters. The van der Waals surface area contributed by atoms with Crippen molar-refractivity contribution in [3.05, 3.63) is 33.5 Å². The van der Waals surface area contributed by atoms with Gasteiger partial charge in [-0.1, -0.05) is 27.3 Å². The average molecular weight is 342 g/mol. The molecular weight excluding hydrogens is 329 g/mol. The second-order valence-corrected chi connectivity index (χ2v) is 6.52. The molecule has 0 saturated heterocycles. The van der Waals surface area contributed by atoms with Crippen molar-refractivity contribution in [2.75, 3.05) is 6.54 Å². The van der Waals surface area contributed by atoms with Gasteiger partial charge in [-0.15, -0.1) is 10.2 Å². The highest BCUT2D eigenvalue weighted by Gasteiger charge is 2.20. The van der Waals surface area contributed by atoms with E-state index in [1.807, 2.05) is 0 Å². The molecule has 1 aromatic carbocycles. The molecule has 1 N–H and O–H groups in total. The standard InChI is InChI=1S/C13H13BrFN3S/c14-11-4-1-8(15)7-10(11)13-18-17-12(19-13)5-6-16-9-2-3-9/h1,4,7,9,16H,2-3,5-6H2. The molecule has 0 unspecified atom stereocenters. The molecule has 0 aliphatic heterocycles. The van der Waals surface area contributed by atoms with Crippen LogP contribution >= 0.6 is 27.3 Å². The van der Waals surface area contributed by atoms with Crippen LogP contribution in [0.25, 0.3) is 10.6 Å². The summed E-state index contributed by atoms with van der Waals surface area (Å²) in [4.78, 5) is 0. The zero-order chi connectivity index (χ0) is 13.2. The quantitative estimate of drug-likeness (QED) is 0.905. The van der Waals surface area contributed by atoms with Crippen molar-refractivity contribution in [3.63, 3.8) is 0 Å². The summed E-state index contributed by atoms with van der Waals surface area (Å²) in [5, 5.41) is 13.5. The first-order chi connectivity index (χ1) is 9.22. The zero-order valence-electron chi connectivity index (χ0n) is 10.2. The number of halogens is 2. The lowest BCUT2D eigenvalue weighted by atomic mass is 10.2. The lowest BCUT2D eigenvalue weighted by Crippen LogP contribution is -2.19. The summed E-state index contributed by atoms with van der Waals surface area (Å²) < 4.78 is 14.1. The van der Waals surface area contributed by atoms with Crippen LogP contribution < -0.4 is 5.32 Å². The highest BCUT2D eigenvalue weighted by molar-refractivity contribution is 9.10. The second kappa shape index (κ2) is 5.64. The fraction of sp³-hybridized carbons (Fsp3) is 0.385. The normalized spacial score (nSPS) is 14.8. The van der Waals surface area contributed by atoms with Gasteiger partial charge in [-0.2, -0.15) is 0 Å². The van der Waals surface area contributed by atoms with E-state index < -0.39 is 0 Å². The van der Waals surface area contributed by atoms with Crippen LogP contribution in [0.15, 0.2) is 22.7 Å². The number of hydrogen-bond donors (Lipinski definition) is 1. The Kier molecular flexibility index (Phi) is 3.91. The van der Waals surface area contributed by atoms with Gasteiger partial charge in [0.2, 0.25) is 0 Å². The Labute approximate surface area is 123 Å². The van der Waals surface area contributed by atoms with Gasteiger partial charge in [0.05, 0.1) is 0 Å². The molecule has 3 rings (SSSR count). The molecule has 1 heterocycles. The van der Waals surface area contributed by atoms with E-state index in [0.717, 1.165) is 33.0 Å². The summed E-state index contributed by atoms with van der Waals surface area (Å²) in [5.41, 5.74) is 0.763. The van der Waals surface area contributed by atoms with Crippen molar-refractivity contribution in [2.24, 2.45) is 0 Å². The molecule has 100 valence electrons. The molecule has 0 radical (unpaired) electrons. The molecule has 6 heteroatoms. The number of rotatable bonds is 5. The van der Waals surface area contributed by atoms with Gasteiger partial charge in [0, 0.05) is 29.0 Å². The number of nitrogens with one attached hydrogen (secondary N) is 1. The van der Waals surface area contributed by atoms with Gasteiger partial charge in [-0.3, -0.25) is 0 Å². The van der Waals surface area contributed by atoms with Gasteiger partial charge in [-0.25, -0.2) is 4.39 Å². The highest BCUT2D eigenvalue weighted by Crippen LogP contribution is 2.31. The van der Waals surface area contributed by atoms with Crippen molar-refractivity contribution in [1.29, 1.82) is 0 Å². The lowest BCUT2D eigenvalue weighted by molar-refractivity contribution is 0.628. The van der Waals surface area contributed by atoms with Crippen LogP contribution in [0.1, 0.15) is 17.8 Å². The predicted molar refractivity (Wildman–Crippen MR) is 77.7 cm³/mol. The maximum Gasteiger partial charge on any atom is 0.149 e. The van der Waals surface area contributed by atoms with E-state index in [1.54, 1.807) is 6.07 Å². The van der Waals surface area contributed by atoms with Crippen LogP contribution in [-0.4, -0.2) is 22.8 Å². The van der Waals surface area contributed by atoms with E-state index in [4.69, 9.17) is 0 Å². The van der Waals surface area contributed by atoms with E-state index in [0.29, 0.717) is 6.04 Å². The van der Waals surface area contributed by atoms with E-state index >= 15 is 0 Å². The number of nitrogens with zero attached hydrogens (tertiary/aromatic N) is 2. The molecule has 0 amide bonds. The van der Waals surface area contributed by atoms with Crippen LogP contribution in [-0.2, 0) is 6.42 Å². The Morgan fingerprint density at radius 2 is 2.21 bits per heavy atom. The van der Waals surface area contributed by atoms with Gasteiger partial charge in [0.25, 0.3) is 0 Å². The predicted octanol–water partition coefficient (Wildman–Crippen LogP) is 3.40. The number of aromatic nitrogens is 2. The summed E-state index contributed by atoms with van der Waals surface area (Å²) in [6.45, 7) is 0.934. The smallest absolute Gasteiger partial charge is 0.149 e. The van der Waals surface area contributed by atoms with Crippen LogP contribution in [0, 0.1) is 5.82 Å². The summed E-state index contributed by atoms with van der Waals surface area (Å²) >= 11 is 4.94. The molecule has 1 aliphatic carbocycles. The molecular formula is C13H13BrFN3S. The van der Waals surface area contributed by atoms with Gasteiger partial charge in [0.15, 0.2) is 0 Å². The second-order valence-electron chi connectivity index (χ2n) is 4.60. The third-order valence-electron chi connectivity index (χ3n) is 2.97. The summed E-state index contributed by atoms with van der Waals surface area (Å²) in [6, 6.07) is 5.32. The molecule has 1 aromatic heterocycles. The molecule has 19 heavy (non-hydrogen) atoms. The lowest BCUT2D eigenvalue weighted by Gasteiger charge is -1.99. The fourth-order valence-electron chi connectivity index (χ4n) is 1.80. The summed E-state index contributed by atoms with van der Waals surface area (Å²) in [7, 11) is 0. The minimum absolute atomic E-state index is 0.259. The fourth-order valence-corrected chi connectivity index (χ4v) is 3.23. The van der Waals surface area contributed by atoms with Crippen molar-refractivity contribution in [1.82, 2.24) is 15.5 Å². The van der Waals surface area contributed by atoms with Gasteiger partial charge < -0.3 is 5.32 Å². The summed E-state index contributed by atoms with van der Waals surface area (Å²) in [6.07, 6.45) is 3.45. The van der Waals surface area contributed by atoms with Crippen LogP contribution in [0.2, 0.25) is 0 Å². The molecule has 1 saturated carbocycles. The van der Waals surface area contributed by atoms with Crippen molar-refractivity contribution in [3.8, 4) is 10.6 Å². The van der Waals surface area contributed by atoms with Crippen molar-refractivity contribution < 1.29 is 4.39 Å². The first-order valence-corrected chi connectivity index (χ1v) is 7.84. The van der Waals surface area contributed by atoms with Gasteiger partial charge in [0.1, 0.15) is 15.8 Å². The Bertz CT molecular complexity index is 583. The third-order valence-corrected chi connectivity index (χ3v) is 4.68. The average Bonchev–Trinajstić information content (AvgIpc) is 3.10. The first kappa shape index (κ1) is 13.1. The molecule has 1 fully saturated rings. The minimum Gasteiger partial charge on any atom is -0.314 e. The monoisotopic (exact) mass is 341 g/mol. The maximum atomic E-state index is 13.3. The number of hydrogen-bond acceptors (Lipinski definition) is 4. The molecule has 1 aliphatic rings. The van der Waals surface area contributed by atoms with E-state index in [9.17, 15) is 4.39 Å². The maximum absolute atomic E-state index is 13.3. The zero-order valence-corrected chi connectivity index (χ0v) is 12.6. The molecule has 0 spiro atoms. The first-order valence-electron chi connectivity index (χ1n) is 6.23. The van der Waals surface area contributed by atoms with Crippen LogP contribution in [0.3, 0.4) is 0 Å². The van der Waals surface area contributed by atoms with E-state index in [-0.39, 0.29) is 5.82 Å². The van der Waals surface area contributed by atoms with Gasteiger partial charge >= 0.3 is 0 Å². The van der Waals surface area contributed by atoms with Crippen LogP contribution in [0.4, 0.5) is 4.39 Å². The van der Waals surface area contributed by atoms with Crippen molar-refractivity contribution >= 4 is 27.3 Å². The summed E-state index contributed by atoms with van der Waals surface area (Å²) in [5.74, 6) is -0.259. The Morgan fingerprint density at radius 1 is 1.37 bits per heavy atom. The minimum atomic E-state index is -0.259. The van der Waals surface area contributed by atoms with E-state index in [2.05, 4.69) is 31.4 Å². The van der Waals surface area contributed by atoms with Crippen LogP contribution in [0.5, 0.6) is 0 Å². The molecule has 3 nitrogen and oxygen atoms in total. The van der Waals surface area contributed by atoms with Crippen molar-refractivity contribution in [2.45, 2.75) is 25.3 Å². The highest BCUT2D eigenvalue weighted by atomic mass is 79.9. The molecule has 0 bridgehead atoms. The largest absolute Gasteiger partial charge is 0.314 e. The van der Waals surface area contributed by atoms with E-state index in [1.165, 1.54) is 36.3 Å². The SMILES string of the molecule is Fc1ccc(Br)c(-c2nnc(CCNC3CC3)s2)c1. The Balaban J connectivity index is 1.70. The number of benzene rings is 1. The molecule has 2 aromatic rings. The van der Waals surface area contributed by atoms with Gasteiger partial charge in [-0.05, 0) is 31.0 Å². The third kappa shape index (κ3) is 3.38. The Morgan fingerprint density at radius 3 is 3.00 bits per heavy atom. The topological polar surface area (TPSA) is 37.8 Å².